The SMILES string of the molecule is Cc1cc(Br)cc(Br)c1NC(=O)C1CCCCC1. The molecule has 0 bridgehead atoms. The molecule has 1 N–H and O–H groups in total. The molecule has 0 radical (unpaired) electrons. The third-order valence-electron chi connectivity index (χ3n) is 3.48. The average Bonchev–Trinajstić information content (AvgIpc) is 2.34. The molecule has 1 aromatic rings. The van der Waals surface area contributed by atoms with Gasteiger partial charge in [-0.2, -0.15) is 0 Å². The van der Waals surface area contributed by atoms with Crippen LogP contribution in [0.3, 0.4) is 0 Å². The van der Waals surface area contributed by atoms with Gasteiger partial charge in [-0.15, -0.1) is 0 Å². The van der Waals surface area contributed by atoms with Gasteiger partial charge in [0.15, 0.2) is 0 Å². The molecule has 2 rings (SSSR count). The molecule has 0 aliphatic heterocycles. The summed E-state index contributed by atoms with van der Waals surface area (Å²) in [7, 11) is 0. The number of anilines is 1. The van der Waals surface area contributed by atoms with Gasteiger partial charge in [-0.3, -0.25) is 4.79 Å². The van der Waals surface area contributed by atoms with E-state index in [1.807, 2.05) is 19.1 Å². The number of carbonyl (C=O) groups is 1. The third kappa shape index (κ3) is 3.35. The van der Waals surface area contributed by atoms with Crippen molar-refractivity contribution in [2.24, 2.45) is 5.92 Å². The van der Waals surface area contributed by atoms with Gasteiger partial charge < -0.3 is 5.32 Å². The summed E-state index contributed by atoms with van der Waals surface area (Å²) in [5, 5.41) is 3.07. The zero-order chi connectivity index (χ0) is 13.1. The van der Waals surface area contributed by atoms with E-state index in [4.69, 9.17) is 0 Å². The summed E-state index contributed by atoms with van der Waals surface area (Å²) in [6.45, 7) is 2.01. The van der Waals surface area contributed by atoms with E-state index in [-0.39, 0.29) is 11.8 Å². The zero-order valence-corrected chi connectivity index (χ0v) is 13.6. The number of aryl methyl sites for hydroxylation is 1. The van der Waals surface area contributed by atoms with Crippen LogP contribution in [0.4, 0.5) is 5.69 Å². The predicted octanol–water partition coefficient (Wildman–Crippen LogP) is 5.04. The highest BCUT2D eigenvalue weighted by Gasteiger charge is 2.22. The van der Waals surface area contributed by atoms with Crippen molar-refractivity contribution in [3.8, 4) is 0 Å². The molecule has 0 unspecified atom stereocenters. The maximum absolute atomic E-state index is 12.2. The number of rotatable bonds is 2. The number of hydrogen-bond donors (Lipinski definition) is 1. The molecule has 0 saturated heterocycles. The Hall–Kier alpha value is -0.350. The van der Waals surface area contributed by atoms with E-state index < -0.39 is 0 Å². The van der Waals surface area contributed by atoms with Crippen molar-refractivity contribution >= 4 is 43.5 Å². The molecule has 0 spiro atoms. The summed E-state index contributed by atoms with van der Waals surface area (Å²) >= 11 is 6.95. The van der Waals surface area contributed by atoms with E-state index in [0.717, 1.165) is 33.0 Å². The molecule has 0 heterocycles. The fraction of sp³-hybridized carbons (Fsp3) is 0.500. The third-order valence-corrected chi connectivity index (χ3v) is 4.56. The number of nitrogens with one attached hydrogen (secondary N) is 1. The van der Waals surface area contributed by atoms with Crippen LogP contribution in [0.1, 0.15) is 37.7 Å². The summed E-state index contributed by atoms with van der Waals surface area (Å²) in [5.74, 6) is 0.356. The lowest BCUT2D eigenvalue weighted by Gasteiger charge is -2.21. The molecule has 0 aromatic heterocycles. The summed E-state index contributed by atoms with van der Waals surface area (Å²) in [5.41, 5.74) is 1.97. The predicted molar refractivity (Wildman–Crippen MR) is 81.8 cm³/mol. The number of hydrogen-bond acceptors (Lipinski definition) is 1. The quantitative estimate of drug-likeness (QED) is 0.771. The fourth-order valence-corrected chi connectivity index (χ4v) is 3.99. The van der Waals surface area contributed by atoms with Crippen LogP contribution in [0.5, 0.6) is 0 Å². The standard InChI is InChI=1S/C14H17Br2NO/c1-9-7-11(15)8-12(16)13(9)17-14(18)10-5-3-2-4-6-10/h7-8,10H,2-6H2,1H3,(H,17,18). The lowest BCUT2D eigenvalue weighted by molar-refractivity contribution is -0.120. The Kier molecular flexibility index (Phi) is 4.84. The Morgan fingerprint density at radius 2 is 1.89 bits per heavy atom. The van der Waals surface area contributed by atoms with Crippen LogP contribution in [-0.4, -0.2) is 5.91 Å². The Labute approximate surface area is 125 Å². The molecule has 1 saturated carbocycles. The van der Waals surface area contributed by atoms with E-state index in [0.29, 0.717) is 0 Å². The van der Waals surface area contributed by atoms with Gasteiger partial charge in [-0.05, 0) is 53.4 Å². The summed E-state index contributed by atoms with van der Waals surface area (Å²) in [4.78, 5) is 12.2. The molecule has 98 valence electrons. The van der Waals surface area contributed by atoms with Crippen molar-refractivity contribution in [2.75, 3.05) is 5.32 Å². The fourth-order valence-electron chi connectivity index (χ4n) is 2.45. The highest BCUT2D eigenvalue weighted by molar-refractivity contribution is 9.11. The van der Waals surface area contributed by atoms with Crippen LogP contribution in [-0.2, 0) is 4.79 Å². The first-order chi connectivity index (χ1) is 8.58. The highest BCUT2D eigenvalue weighted by atomic mass is 79.9. The van der Waals surface area contributed by atoms with E-state index in [2.05, 4.69) is 37.2 Å². The van der Waals surface area contributed by atoms with Gasteiger partial charge in [0.25, 0.3) is 0 Å². The van der Waals surface area contributed by atoms with Crippen LogP contribution >= 0.6 is 31.9 Å². The lowest BCUT2D eigenvalue weighted by atomic mass is 9.88. The zero-order valence-electron chi connectivity index (χ0n) is 10.4. The van der Waals surface area contributed by atoms with Gasteiger partial charge in [0.05, 0.1) is 5.69 Å². The Morgan fingerprint density at radius 3 is 2.50 bits per heavy atom. The molecular weight excluding hydrogens is 358 g/mol. The van der Waals surface area contributed by atoms with Crippen LogP contribution in [0.25, 0.3) is 0 Å². The number of carbonyl (C=O) groups excluding carboxylic acids is 1. The minimum Gasteiger partial charge on any atom is -0.325 e. The van der Waals surface area contributed by atoms with Crippen LogP contribution in [0.15, 0.2) is 21.1 Å². The maximum Gasteiger partial charge on any atom is 0.227 e. The molecular formula is C14H17Br2NO. The van der Waals surface area contributed by atoms with E-state index in [1.165, 1.54) is 19.3 Å². The molecule has 18 heavy (non-hydrogen) atoms. The van der Waals surface area contributed by atoms with E-state index >= 15 is 0 Å². The molecule has 4 heteroatoms. The average molecular weight is 375 g/mol. The van der Waals surface area contributed by atoms with Gasteiger partial charge in [0.2, 0.25) is 5.91 Å². The molecule has 2 nitrogen and oxygen atoms in total. The number of benzene rings is 1. The molecule has 0 atom stereocenters. The molecule has 1 fully saturated rings. The van der Waals surface area contributed by atoms with E-state index in [1.54, 1.807) is 0 Å². The van der Waals surface area contributed by atoms with Gasteiger partial charge in [0.1, 0.15) is 0 Å². The van der Waals surface area contributed by atoms with Crippen LogP contribution in [0.2, 0.25) is 0 Å². The number of amides is 1. The minimum atomic E-state index is 0.167. The first-order valence-corrected chi connectivity index (χ1v) is 7.93. The van der Waals surface area contributed by atoms with Crippen molar-refractivity contribution in [3.63, 3.8) is 0 Å². The first-order valence-electron chi connectivity index (χ1n) is 6.34. The van der Waals surface area contributed by atoms with Gasteiger partial charge in [0, 0.05) is 14.9 Å². The summed E-state index contributed by atoms with van der Waals surface area (Å²) in [6.07, 6.45) is 5.68. The van der Waals surface area contributed by atoms with E-state index in [9.17, 15) is 4.79 Å². The van der Waals surface area contributed by atoms with Crippen molar-refractivity contribution in [3.05, 3.63) is 26.6 Å². The summed E-state index contributed by atoms with van der Waals surface area (Å²) in [6, 6.07) is 3.98. The molecule has 1 aliphatic rings. The normalized spacial score (nSPS) is 16.6. The monoisotopic (exact) mass is 373 g/mol. The second-order valence-corrected chi connectivity index (χ2v) is 6.67. The van der Waals surface area contributed by atoms with Gasteiger partial charge >= 0.3 is 0 Å². The molecule has 1 amide bonds. The second kappa shape index (κ2) is 6.20. The first kappa shape index (κ1) is 14.1. The molecule has 1 aromatic carbocycles. The number of halogens is 2. The van der Waals surface area contributed by atoms with Crippen molar-refractivity contribution in [1.29, 1.82) is 0 Å². The smallest absolute Gasteiger partial charge is 0.227 e. The van der Waals surface area contributed by atoms with Crippen molar-refractivity contribution in [1.82, 2.24) is 0 Å². The second-order valence-electron chi connectivity index (χ2n) is 4.90. The Morgan fingerprint density at radius 1 is 1.22 bits per heavy atom. The Bertz CT molecular complexity index is 430. The van der Waals surface area contributed by atoms with Crippen molar-refractivity contribution in [2.45, 2.75) is 39.0 Å². The van der Waals surface area contributed by atoms with Crippen molar-refractivity contribution < 1.29 is 4.79 Å². The topological polar surface area (TPSA) is 29.1 Å². The van der Waals surface area contributed by atoms with Crippen LogP contribution < -0.4 is 5.32 Å². The lowest BCUT2D eigenvalue weighted by Crippen LogP contribution is -2.25. The summed E-state index contributed by atoms with van der Waals surface area (Å²) < 4.78 is 1.95. The highest BCUT2D eigenvalue weighted by Crippen LogP contribution is 2.32. The van der Waals surface area contributed by atoms with Gasteiger partial charge in [-0.1, -0.05) is 35.2 Å². The Balaban J connectivity index is 2.11. The van der Waals surface area contributed by atoms with Crippen LogP contribution in [0, 0.1) is 12.8 Å². The van der Waals surface area contributed by atoms with Gasteiger partial charge in [-0.25, -0.2) is 0 Å². The molecule has 1 aliphatic carbocycles. The largest absolute Gasteiger partial charge is 0.325 e. The maximum atomic E-state index is 12.2. The minimum absolute atomic E-state index is 0.167.